The predicted octanol–water partition coefficient (Wildman–Crippen LogP) is 3.61. The third-order valence-corrected chi connectivity index (χ3v) is 6.25. The van der Waals surface area contributed by atoms with Gasteiger partial charge < -0.3 is 4.90 Å². The summed E-state index contributed by atoms with van der Waals surface area (Å²) < 4.78 is 3.80. The number of piperidine rings is 1. The van der Waals surface area contributed by atoms with Crippen molar-refractivity contribution in [3.63, 3.8) is 0 Å². The number of rotatable bonds is 4. The zero-order valence-electron chi connectivity index (χ0n) is 16.9. The Labute approximate surface area is 174 Å². The topological polar surface area (TPSA) is 79.2 Å². The van der Waals surface area contributed by atoms with Gasteiger partial charge in [0.15, 0.2) is 0 Å². The fourth-order valence-electron chi connectivity index (χ4n) is 3.88. The first-order chi connectivity index (χ1) is 14.0. The second-order valence-corrected chi connectivity index (χ2v) is 8.53. The number of nitriles is 1. The van der Waals surface area contributed by atoms with E-state index in [-0.39, 0.29) is 11.8 Å². The van der Waals surface area contributed by atoms with Gasteiger partial charge in [-0.3, -0.25) is 9.48 Å². The van der Waals surface area contributed by atoms with E-state index in [4.69, 9.17) is 0 Å². The highest BCUT2D eigenvalue weighted by Crippen LogP contribution is 2.31. The third kappa shape index (κ3) is 3.62. The van der Waals surface area contributed by atoms with Crippen molar-refractivity contribution >= 4 is 23.2 Å². The van der Waals surface area contributed by atoms with Crippen LogP contribution in [0.3, 0.4) is 0 Å². The highest BCUT2D eigenvalue weighted by atomic mass is 32.2. The van der Waals surface area contributed by atoms with Gasteiger partial charge in [-0.05, 0) is 25.2 Å². The average Bonchev–Trinajstić information content (AvgIpc) is 3.39. The molecule has 0 saturated carbocycles. The van der Waals surface area contributed by atoms with Gasteiger partial charge in [-0.2, -0.15) is 15.5 Å². The van der Waals surface area contributed by atoms with Crippen LogP contribution in [0.15, 0.2) is 35.7 Å². The maximum absolute atomic E-state index is 12.2. The van der Waals surface area contributed by atoms with Crippen molar-refractivity contribution < 1.29 is 4.79 Å². The fourth-order valence-corrected chi connectivity index (χ4v) is 4.52. The van der Waals surface area contributed by atoms with E-state index in [9.17, 15) is 10.1 Å². The largest absolute Gasteiger partial charge is 0.342 e. The highest BCUT2D eigenvalue weighted by molar-refractivity contribution is 7.98. The Morgan fingerprint density at radius 3 is 2.62 bits per heavy atom. The predicted molar refractivity (Wildman–Crippen MR) is 113 cm³/mol. The van der Waals surface area contributed by atoms with Crippen LogP contribution < -0.4 is 0 Å². The molecule has 150 valence electrons. The number of pyridine rings is 1. The molecule has 0 bridgehead atoms. The molecule has 1 fully saturated rings. The molecule has 3 aromatic heterocycles. The molecule has 0 aromatic carbocycles. The molecule has 0 atom stereocenters. The van der Waals surface area contributed by atoms with Crippen LogP contribution in [0, 0.1) is 17.2 Å². The molecule has 0 N–H and O–H groups in total. The number of carbonyl (C=O) groups is 1. The van der Waals surface area contributed by atoms with E-state index in [1.165, 1.54) is 0 Å². The Bertz CT molecular complexity index is 1080. The Morgan fingerprint density at radius 2 is 1.97 bits per heavy atom. The Hall–Kier alpha value is -2.79. The smallest absolute Gasteiger partial charge is 0.225 e. The molecule has 7 nitrogen and oxygen atoms in total. The molecule has 4 rings (SSSR count). The van der Waals surface area contributed by atoms with Crippen LogP contribution in [-0.2, 0) is 4.79 Å². The van der Waals surface area contributed by atoms with Gasteiger partial charge in [0.1, 0.15) is 6.07 Å². The maximum Gasteiger partial charge on any atom is 0.225 e. The zero-order valence-corrected chi connectivity index (χ0v) is 17.7. The van der Waals surface area contributed by atoms with E-state index in [0.717, 1.165) is 47.5 Å². The van der Waals surface area contributed by atoms with Gasteiger partial charge in [0, 0.05) is 47.4 Å². The standard InChI is InChI=1S/C21H24N6OS/c1-14(2)21(28)25-6-4-18(5-7-25)26-13-17(11-23-26)15-8-19(29-3)20-16(9-22)10-24-27(20)12-15/h8,10-14,18H,4-7H2,1-3H3. The average molecular weight is 409 g/mol. The van der Waals surface area contributed by atoms with Crippen LogP contribution in [0.4, 0.5) is 0 Å². The quantitative estimate of drug-likeness (QED) is 0.616. The lowest BCUT2D eigenvalue weighted by Gasteiger charge is -2.33. The van der Waals surface area contributed by atoms with Gasteiger partial charge in [0.05, 0.1) is 29.5 Å². The number of likely N-dealkylation sites (tertiary alicyclic amines) is 1. The minimum atomic E-state index is 0.0484. The molecule has 0 unspecified atom stereocenters. The third-order valence-electron chi connectivity index (χ3n) is 5.50. The van der Waals surface area contributed by atoms with Crippen molar-refractivity contribution in [1.29, 1.82) is 5.26 Å². The lowest BCUT2D eigenvalue weighted by atomic mass is 10.0. The molecule has 1 aliphatic rings. The van der Waals surface area contributed by atoms with E-state index in [0.29, 0.717) is 11.6 Å². The van der Waals surface area contributed by atoms with Crippen molar-refractivity contribution in [2.75, 3.05) is 19.3 Å². The maximum atomic E-state index is 12.2. The van der Waals surface area contributed by atoms with E-state index >= 15 is 0 Å². The molecule has 3 aromatic rings. The van der Waals surface area contributed by atoms with Crippen molar-refractivity contribution in [2.45, 2.75) is 37.6 Å². The van der Waals surface area contributed by atoms with Crippen molar-refractivity contribution in [1.82, 2.24) is 24.3 Å². The van der Waals surface area contributed by atoms with Gasteiger partial charge in [0.2, 0.25) is 5.91 Å². The number of amides is 1. The molecular weight excluding hydrogens is 384 g/mol. The number of nitrogens with zero attached hydrogens (tertiary/aromatic N) is 6. The summed E-state index contributed by atoms with van der Waals surface area (Å²) >= 11 is 1.60. The van der Waals surface area contributed by atoms with Gasteiger partial charge >= 0.3 is 0 Å². The lowest BCUT2D eigenvalue weighted by Crippen LogP contribution is -2.41. The summed E-state index contributed by atoms with van der Waals surface area (Å²) in [6.45, 7) is 5.47. The number of hydrogen-bond donors (Lipinski definition) is 0. The molecular formula is C21H24N6OS. The van der Waals surface area contributed by atoms with Gasteiger partial charge in [-0.1, -0.05) is 13.8 Å². The van der Waals surface area contributed by atoms with E-state index in [1.54, 1.807) is 22.5 Å². The number of aromatic nitrogens is 4. The number of hydrogen-bond acceptors (Lipinski definition) is 5. The first-order valence-electron chi connectivity index (χ1n) is 9.80. The SMILES string of the molecule is CSc1cc(-c2cnn(C3CCN(C(=O)C(C)C)CC3)c2)cn2ncc(C#N)c12. The number of carbonyl (C=O) groups excluding carboxylic acids is 1. The van der Waals surface area contributed by atoms with Gasteiger partial charge in [0.25, 0.3) is 0 Å². The van der Waals surface area contributed by atoms with Crippen LogP contribution in [0.1, 0.15) is 38.3 Å². The second-order valence-electron chi connectivity index (χ2n) is 7.68. The van der Waals surface area contributed by atoms with Crippen LogP contribution in [0.5, 0.6) is 0 Å². The first-order valence-corrected chi connectivity index (χ1v) is 11.0. The van der Waals surface area contributed by atoms with E-state index in [2.05, 4.69) is 28.5 Å². The summed E-state index contributed by atoms with van der Waals surface area (Å²) in [6.07, 6.45) is 11.3. The molecule has 0 spiro atoms. The summed E-state index contributed by atoms with van der Waals surface area (Å²) in [6, 6.07) is 4.60. The molecule has 1 amide bonds. The first kappa shape index (κ1) is 19.5. The second kappa shape index (κ2) is 7.91. The molecule has 1 saturated heterocycles. The molecule has 0 radical (unpaired) electrons. The Balaban J connectivity index is 1.56. The zero-order chi connectivity index (χ0) is 20.5. The minimum Gasteiger partial charge on any atom is -0.342 e. The van der Waals surface area contributed by atoms with Gasteiger partial charge in [-0.15, -0.1) is 11.8 Å². The van der Waals surface area contributed by atoms with Crippen LogP contribution in [-0.4, -0.2) is 49.5 Å². The van der Waals surface area contributed by atoms with E-state index < -0.39 is 0 Å². The van der Waals surface area contributed by atoms with Crippen molar-refractivity contribution in [3.8, 4) is 17.2 Å². The number of thioether (sulfide) groups is 1. The van der Waals surface area contributed by atoms with E-state index in [1.807, 2.05) is 42.1 Å². The summed E-state index contributed by atoms with van der Waals surface area (Å²) in [5, 5.41) is 18.2. The van der Waals surface area contributed by atoms with Crippen LogP contribution in [0.2, 0.25) is 0 Å². The highest BCUT2D eigenvalue weighted by Gasteiger charge is 2.25. The summed E-state index contributed by atoms with van der Waals surface area (Å²) in [7, 11) is 0. The summed E-state index contributed by atoms with van der Waals surface area (Å²) in [4.78, 5) is 15.2. The molecule has 1 aliphatic heterocycles. The summed E-state index contributed by atoms with van der Waals surface area (Å²) in [5.74, 6) is 0.283. The normalized spacial score (nSPS) is 15.2. The fraction of sp³-hybridized carbons (Fsp3) is 0.429. The molecule has 8 heteroatoms. The lowest BCUT2D eigenvalue weighted by molar-refractivity contribution is -0.135. The summed E-state index contributed by atoms with van der Waals surface area (Å²) in [5.41, 5.74) is 3.47. The van der Waals surface area contributed by atoms with Gasteiger partial charge in [-0.25, -0.2) is 4.52 Å². The Morgan fingerprint density at radius 1 is 1.21 bits per heavy atom. The van der Waals surface area contributed by atoms with Crippen molar-refractivity contribution in [3.05, 3.63) is 36.4 Å². The Kier molecular flexibility index (Phi) is 5.33. The molecule has 29 heavy (non-hydrogen) atoms. The monoisotopic (exact) mass is 408 g/mol. The van der Waals surface area contributed by atoms with Crippen LogP contribution in [0.25, 0.3) is 16.6 Å². The number of fused-ring (bicyclic) bond motifs is 1. The van der Waals surface area contributed by atoms with Crippen molar-refractivity contribution in [2.24, 2.45) is 5.92 Å². The molecule has 0 aliphatic carbocycles. The minimum absolute atomic E-state index is 0.0484. The van der Waals surface area contributed by atoms with Crippen LogP contribution >= 0.6 is 11.8 Å². The molecule has 4 heterocycles.